The van der Waals surface area contributed by atoms with Crippen LogP contribution in [-0.4, -0.2) is 26.1 Å². The number of nitrogens with zero attached hydrogens (tertiary/aromatic N) is 3. The van der Waals surface area contributed by atoms with E-state index in [1.54, 1.807) is 6.21 Å². The third-order valence-electron chi connectivity index (χ3n) is 3.49. The number of aromatic amines is 2. The Morgan fingerprint density at radius 3 is 2.78 bits per heavy atom. The average molecular weight is 327 g/mol. The first kappa shape index (κ1) is 15.4. The number of fused-ring (bicyclic) bond motifs is 1. The Bertz CT molecular complexity index is 1000. The number of para-hydroxylation sites is 1. The summed E-state index contributed by atoms with van der Waals surface area (Å²) in [4.78, 5) is 15.7. The molecule has 0 saturated carbocycles. The number of hydrogen-bond acceptors (Lipinski definition) is 4. The predicted molar refractivity (Wildman–Crippen MR) is 93.7 cm³/mol. The Balaban J connectivity index is 2.10. The zero-order valence-electron chi connectivity index (χ0n) is 13.1. The van der Waals surface area contributed by atoms with Crippen molar-refractivity contribution in [2.75, 3.05) is 0 Å². The van der Waals surface area contributed by atoms with E-state index in [2.05, 4.69) is 20.3 Å². The van der Waals surface area contributed by atoms with Crippen molar-refractivity contribution in [3.8, 4) is 0 Å². The maximum atomic E-state index is 12.6. The van der Waals surface area contributed by atoms with E-state index in [9.17, 15) is 4.79 Å². The normalized spacial score (nSPS) is 12.3. The lowest BCUT2D eigenvalue weighted by atomic mass is 9.93. The van der Waals surface area contributed by atoms with E-state index in [0.717, 1.165) is 16.5 Å². The fourth-order valence-electron chi connectivity index (χ4n) is 2.31. The molecule has 2 N–H and O–H groups in total. The number of nitrogens with one attached hydrogen (secondary N) is 2. The van der Waals surface area contributed by atoms with E-state index in [1.807, 2.05) is 51.2 Å². The summed E-state index contributed by atoms with van der Waals surface area (Å²) in [5.74, 6) is 0. The standard InChI is InChI=1S/C16H17N5OS/c1-16(2,3)13-14(22)21(15(23)20-19-13)18-9-10-8-17-12-7-5-4-6-11(10)12/h4-9,17H,1-3H3,(H,20,23)/b18-9-. The van der Waals surface area contributed by atoms with Gasteiger partial charge in [-0.15, -0.1) is 0 Å². The van der Waals surface area contributed by atoms with E-state index in [4.69, 9.17) is 12.2 Å². The van der Waals surface area contributed by atoms with Crippen molar-refractivity contribution in [3.63, 3.8) is 0 Å². The molecule has 0 aliphatic heterocycles. The van der Waals surface area contributed by atoms with E-state index < -0.39 is 5.41 Å². The van der Waals surface area contributed by atoms with Gasteiger partial charge in [0.2, 0.25) is 4.77 Å². The van der Waals surface area contributed by atoms with Crippen LogP contribution in [0.25, 0.3) is 10.9 Å². The Hall–Kier alpha value is -2.54. The third kappa shape index (κ3) is 2.87. The highest BCUT2D eigenvalue weighted by atomic mass is 32.1. The molecule has 0 radical (unpaired) electrons. The van der Waals surface area contributed by atoms with Gasteiger partial charge in [-0.2, -0.15) is 14.9 Å². The highest BCUT2D eigenvalue weighted by Gasteiger charge is 2.21. The number of rotatable bonds is 2. The van der Waals surface area contributed by atoms with Crippen LogP contribution in [-0.2, 0) is 5.41 Å². The van der Waals surface area contributed by atoms with Crippen LogP contribution >= 0.6 is 12.2 Å². The molecule has 0 spiro atoms. The van der Waals surface area contributed by atoms with Gasteiger partial charge in [0.25, 0.3) is 5.56 Å². The summed E-state index contributed by atoms with van der Waals surface area (Å²) in [7, 11) is 0. The topological polar surface area (TPSA) is 78.8 Å². The largest absolute Gasteiger partial charge is 0.361 e. The van der Waals surface area contributed by atoms with Crippen LogP contribution in [0.15, 0.2) is 40.4 Å². The van der Waals surface area contributed by atoms with Crippen LogP contribution in [0.5, 0.6) is 0 Å². The molecule has 0 aliphatic carbocycles. The molecule has 0 atom stereocenters. The molecule has 0 bridgehead atoms. The van der Waals surface area contributed by atoms with Gasteiger partial charge in [0.1, 0.15) is 5.69 Å². The molecule has 0 amide bonds. The molecule has 0 unspecified atom stereocenters. The molecular formula is C16H17N5OS. The molecule has 23 heavy (non-hydrogen) atoms. The van der Waals surface area contributed by atoms with E-state index in [1.165, 1.54) is 4.68 Å². The molecule has 6 nitrogen and oxygen atoms in total. The lowest BCUT2D eigenvalue weighted by Crippen LogP contribution is -2.32. The first-order valence-electron chi connectivity index (χ1n) is 7.20. The smallest absolute Gasteiger partial charge is 0.297 e. The van der Waals surface area contributed by atoms with Crippen molar-refractivity contribution in [2.24, 2.45) is 5.10 Å². The van der Waals surface area contributed by atoms with Crippen molar-refractivity contribution < 1.29 is 0 Å². The first-order valence-corrected chi connectivity index (χ1v) is 7.61. The van der Waals surface area contributed by atoms with Gasteiger partial charge >= 0.3 is 0 Å². The monoisotopic (exact) mass is 327 g/mol. The lowest BCUT2D eigenvalue weighted by molar-refractivity contribution is 0.529. The van der Waals surface area contributed by atoms with Crippen molar-refractivity contribution in [1.82, 2.24) is 19.9 Å². The second kappa shape index (κ2) is 5.58. The van der Waals surface area contributed by atoms with Gasteiger partial charge in [-0.25, -0.2) is 0 Å². The molecule has 3 rings (SSSR count). The van der Waals surface area contributed by atoms with Gasteiger partial charge < -0.3 is 4.98 Å². The van der Waals surface area contributed by atoms with Crippen molar-refractivity contribution >= 4 is 29.3 Å². The van der Waals surface area contributed by atoms with Crippen LogP contribution in [0.4, 0.5) is 0 Å². The summed E-state index contributed by atoms with van der Waals surface area (Å²) in [5, 5.41) is 12.0. The Labute approximate surface area is 137 Å². The van der Waals surface area contributed by atoms with E-state index >= 15 is 0 Å². The van der Waals surface area contributed by atoms with Crippen molar-refractivity contribution in [1.29, 1.82) is 0 Å². The third-order valence-corrected chi connectivity index (χ3v) is 3.76. The Kier molecular flexibility index (Phi) is 3.73. The molecule has 1 aromatic carbocycles. The molecule has 0 fully saturated rings. The molecule has 0 aliphatic rings. The molecule has 0 saturated heterocycles. The van der Waals surface area contributed by atoms with Gasteiger partial charge in [0.15, 0.2) is 0 Å². The summed E-state index contributed by atoms with van der Waals surface area (Å²) < 4.78 is 1.34. The number of hydrogen-bond donors (Lipinski definition) is 2. The highest BCUT2D eigenvalue weighted by Crippen LogP contribution is 2.16. The summed E-state index contributed by atoms with van der Waals surface area (Å²) in [6.07, 6.45) is 3.47. The van der Waals surface area contributed by atoms with Gasteiger partial charge in [0.05, 0.1) is 6.21 Å². The van der Waals surface area contributed by atoms with Gasteiger partial charge in [-0.1, -0.05) is 39.0 Å². The Morgan fingerprint density at radius 2 is 2.04 bits per heavy atom. The summed E-state index contributed by atoms with van der Waals surface area (Å²) in [6.45, 7) is 5.75. The molecule has 2 heterocycles. The summed E-state index contributed by atoms with van der Waals surface area (Å²) in [6, 6.07) is 7.88. The number of H-pyrrole nitrogens is 2. The Morgan fingerprint density at radius 1 is 1.30 bits per heavy atom. The van der Waals surface area contributed by atoms with E-state index in [0.29, 0.717) is 5.69 Å². The summed E-state index contributed by atoms with van der Waals surface area (Å²) in [5.41, 5.74) is 1.58. The second-order valence-electron chi connectivity index (χ2n) is 6.28. The quantitative estimate of drug-likeness (QED) is 0.561. The maximum Gasteiger partial charge on any atom is 0.297 e. The van der Waals surface area contributed by atoms with Gasteiger partial charge in [-0.05, 0) is 18.3 Å². The minimum absolute atomic E-state index is 0.166. The first-order chi connectivity index (χ1) is 10.9. The van der Waals surface area contributed by atoms with E-state index in [-0.39, 0.29) is 10.3 Å². The van der Waals surface area contributed by atoms with Crippen LogP contribution in [0.2, 0.25) is 0 Å². The second-order valence-corrected chi connectivity index (χ2v) is 6.67. The molecule has 118 valence electrons. The molecule has 2 aromatic heterocycles. The minimum atomic E-state index is -0.394. The van der Waals surface area contributed by atoms with Crippen LogP contribution in [0.1, 0.15) is 32.0 Å². The predicted octanol–water partition coefficient (Wildman–Crippen LogP) is 2.96. The zero-order valence-corrected chi connectivity index (χ0v) is 13.9. The average Bonchev–Trinajstić information content (AvgIpc) is 2.89. The number of aromatic nitrogens is 4. The highest BCUT2D eigenvalue weighted by molar-refractivity contribution is 7.71. The van der Waals surface area contributed by atoms with Crippen molar-refractivity contribution in [3.05, 3.63) is 56.8 Å². The fourth-order valence-corrected chi connectivity index (χ4v) is 2.48. The lowest BCUT2D eigenvalue weighted by Gasteiger charge is -2.16. The SMILES string of the molecule is CC(C)(C)c1n[nH]c(=S)n(/N=C\c2c[nH]c3ccccc23)c1=O. The zero-order chi connectivity index (χ0) is 16.6. The van der Waals surface area contributed by atoms with Crippen LogP contribution in [0, 0.1) is 4.77 Å². The fraction of sp³-hybridized carbons (Fsp3) is 0.250. The molecule has 3 aromatic rings. The molecular weight excluding hydrogens is 310 g/mol. The van der Waals surface area contributed by atoms with Crippen LogP contribution in [0.3, 0.4) is 0 Å². The van der Waals surface area contributed by atoms with Crippen molar-refractivity contribution in [2.45, 2.75) is 26.2 Å². The molecule has 7 heteroatoms. The summed E-state index contributed by atoms with van der Waals surface area (Å²) >= 11 is 5.14. The minimum Gasteiger partial charge on any atom is -0.361 e. The maximum absolute atomic E-state index is 12.6. The number of benzene rings is 1. The van der Waals surface area contributed by atoms with Gasteiger partial charge in [0, 0.05) is 28.1 Å². The van der Waals surface area contributed by atoms with Crippen LogP contribution < -0.4 is 5.56 Å². The van der Waals surface area contributed by atoms with Gasteiger partial charge in [-0.3, -0.25) is 9.89 Å².